The van der Waals surface area contributed by atoms with Crippen molar-refractivity contribution < 1.29 is 31.1 Å². The molecule has 12 heteroatoms. The van der Waals surface area contributed by atoms with Gasteiger partial charge in [-0.15, -0.1) is 0 Å². The zero-order chi connectivity index (χ0) is 21.6. The van der Waals surface area contributed by atoms with E-state index in [0.717, 1.165) is 4.90 Å². The molecule has 1 aliphatic rings. The molecule has 0 unspecified atom stereocenters. The van der Waals surface area contributed by atoms with Crippen molar-refractivity contribution in [3.05, 3.63) is 45.7 Å². The Morgan fingerprint density at radius 3 is 2.45 bits per heavy atom. The smallest absolute Gasteiger partial charge is 0.330 e. The highest BCUT2D eigenvalue weighted by molar-refractivity contribution is 6.30. The van der Waals surface area contributed by atoms with Gasteiger partial charge < -0.3 is 10.2 Å². The van der Waals surface area contributed by atoms with Crippen LogP contribution < -0.4 is 5.32 Å². The van der Waals surface area contributed by atoms with Gasteiger partial charge in [0, 0.05) is 25.0 Å². The van der Waals surface area contributed by atoms with Crippen molar-refractivity contribution in [1.82, 2.24) is 14.9 Å². The van der Waals surface area contributed by atoms with Gasteiger partial charge in [-0.25, -0.2) is 9.97 Å². The lowest BCUT2D eigenvalue weighted by Gasteiger charge is -2.30. The van der Waals surface area contributed by atoms with E-state index in [1.54, 1.807) is 19.1 Å². The lowest BCUT2D eigenvalue weighted by molar-refractivity contribution is -0.186. The van der Waals surface area contributed by atoms with E-state index in [1.165, 1.54) is 0 Å². The molecule has 29 heavy (non-hydrogen) atoms. The SMILES string of the molecule is Cc1cc2c(cc1Nc1ncc(C(F)(F)F)c(Cl)n1)CCN(C(=O)C(F)(F)F)C2. The van der Waals surface area contributed by atoms with Gasteiger partial charge in [0.25, 0.3) is 0 Å². The summed E-state index contributed by atoms with van der Waals surface area (Å²) < 4.78 is 76.1. The lowest BCUT2D eigenvalue weighted by Crippen LogP contribution is -2.43. The first kappa shape index (κ1) is 21.2. The van der Waals surface area contributed by atoms with Gasteiger partial charge in [-0.3, -0.25) is 4.79 Å². The van der Waals surface area contributed by atoms with Crippen LogP contribution in [-0.4, -0.2) is 33.5 Å². The maximum Gasteiger partial charge on any atom is 0.471 e. The van der Waals surface area contributed by atoms with Gasteiger partial charge in [0.15, 0.2) is 0 Å². The topological polar surface area (TPSA) is 58.1 Å². The highest BCUT2D eigenvalue weighted by atomic mass is 35.5. The first-order valence-corrected chi connectivity index (χ1v) is 8.59. The van der Waals surface area contributed by atoms with Gasteiger partial charge in [-0.2, -0.15) is 26.3 Å². The average molecular weight is 439 g/mol. The Hall–Kier alpha value is -2.56. The Bertz CT molecular complexity index is 960. The maximum absolute atomic E-state index is 12.7. The standard InChI is InChI=1S/C17H13ClF6N4O/c1-8-4-10-7-28(14(29)17(22,23)24)3-2-9(10)5-12(8)26-15-25-6-11(13(18)27-15)16(19,20)21/h4-6H,2-3,7H2,1H3,(H,25,26,27). The minimum atomic E-state index is -4.94. The first-order chi connectivity index (χ1) is 13.4. The van der Waals surface area contributed by atoms with Crippen LogP contribution in [0, 0.1) is 6.92 Å². The van der Waals surface area contributed by atoms with Crippen molar-refractivity contribution in [2.45, 2.75) is 32.2 Å². The van der Waals surface area contributed by atoms with E-state index < -0.39 is 29.0 Å². The molecule has 0 aliphatic carbocycles. The fourth-order valence-corrected chi connectivity index (χ4v) is 3.19. The second-order valence-electron chi connectivity index (χ2n) is 6.43. The molecule has 2 aromatic rings. The van der Waals surface area contributed by atoms with E-state index in [9.17, 15) is 31.1 Å². The van der Waals surface area contributed by atoms with Crippen molar-refractivity contribution in [3.8, 4) is 0 Å². The molecule has 1 aliphatic heterocycles. The molecule has 5 nitrogen and oxygen atoms in total. The molecule has 0 atom stereocenters. The van der Waals surface area contributed by atoms with Crippen LogP contribution in [0.1, 0.15) is 22.3 Å². The van der Waals surface area contributed by atoms with Crippen LogP contribution in [0.5, 0.6) is 0 Å². The van der Waals surface area contributed by atoms with Crippen LogP contribution in [0.3, 0.4) is 0 Å². The number of anilines is 2. The number of fused-ring (bicyclic) bond motifs is 1. The summed E-state index contributed by atoms with van der Waals surface area (Å²) in [6.45, 7) is 1.37. The average Bonchev–Trinajstić information content (AvgIpc) is 2.59. The summed E-state index contributed by atoms with van der Waals surface area (Å²) >= 11 is 5.58. The molecule has 0 spiro atoms. The molecule has 3 rings (SSSR count). The lowest BCUT2D eigenvalue weighted by atomic mass is 9.96. The number of amides is 1. The third kappa shape index (κ3) is 4.55. The molecule has 156 valence electrons. The second-order valence-corrected chi connectivity index (χ2v) is 6.79. The van der Waals surface area contributed by atoms with E-state index in [-0.39, 0.29) is 25.5 Å². The number of benzene rings is 1. The Labute approximate surface area is 165 Å². The number of hydrogen-bond acceptors (Lipinski definition) is 4. The largest absolute Gasteiger partial charge is 0.471 e. The van der Waals surface area contributed by atoms with Crippen molar-refractivity contribution in [3.63, 3.8) is 0 Å². The molecular formula is C17H13ClF6N4O. The predicted molar refractivity (Wildman–Crippen MR) is 91.7 cm³/mol. The third-order valence-electron chi connectivity index (χ3n) is 4.38. The molecule has 2 heterocycles. The van der Waals surface area contributed by atoms with E-state index >= 15 is 0 Å². The van der Waals surface area contributed by atoms with Gasteiger partial charge in [-0.1, -0.05) is 17.7 Å². The zero-order valence-corrected chi connectivity index (χ0v) is 15.5. The van der Waals surface area contributed by atoms with Gasteiger partial charge in [0.1, 0.15) is 10.7 Å². The van der Waals surface area contributed by atoms with Gasteiger partial charge in [0.05, 0.1) is 0 Å². The Balaban J connectivity index is 1.82. The number of carbonyl (C=O) groups excluding carboxylic acids is 1. The quantitative estimate of drug-likeness (QED) is 0.548. The summed E-state index contributed by atoms with van der Waals surface area (Å²) in [5, 5.41) is 2.01. The van der Waals surface area contributed by atoms with Gasteiger partial charge in [0.2, 0.25) is 5.95 Å². The Kier molecular flexibility index (Phi) is 5.37. The normalized spacial score (nSPS) is 14.6. The number of carbonyl (C=O) groups is 1. The Morgan fingerprint density at radius 1 is 1.17 bits per heavy atom. The number of aromatic nitrogens is 2. The number of aryl methyl sites for hydroxylation is 1. The van der Waals surface area contributed by atoms with E-state index in [2.05, 4.69) is 15.3 Å². The number of rotatable bonds is 2. The second kappa shape index (κ2) is 7.36. The highest BCUT2D eigenvalue weighted by Gasteiger charge is 2.43. The predicted octanol–water partition coefficient (Wildman–Crippen LogP) is 4.65. The van der Waals surface area contributed by atoms with Crippen molar-refractivity contribution >= 4 is 29.1 Å². The van der Waals surface area contributed by atoms with Crippen molar-refractivity contribution in [2.75, 3.05) is 11.9 Å². The van der Waals surface area contributed by atoms with Crippen LogP contribution in [-0.2, 0) is 23.9 Å². The summed E-state index contributed by atoms with van der Waals surface area (Å²) in [6, 6.07) is 3.26. The monoisotopic (exact) mass is 438 g/mol. The molecule has 1 aromatic carbocycles. The molecule has 1 amide bonds. The van der Waals surface area contributed by atoms with Gasteiger partial charge in [-0.05, 0) is 36.1 Å². The minimum Gasteiger partial charge on any atom is -0.330 e. The number of hydrogen-bond donors (Lipinski definition) is 1. The number of alkyl halides is 6. The fourth-order valence-electron chi connectivity index (χ4n) is 2.95. The van der Waals surface area contributed by atoms with Crippen LogP contribution in [0.4, 0.5) is 38.0 Å². The Morgan fingerprint density at radius 2 is 1.86 bits per heavy atom. The first-order valence-electron chi connectivity index (χ1n) is 8.21. The summed E-state index contributed by atoms with van der Waals surface area (Å²) in [6.07, 6.45) is -8.86. The van der Waals surface area contributed by atoms with Crippen LogP contribution >= 0.6 is 11.6 Å². The van der Waals surface area contributed by atoms with Crippen molar-refractivity contribution in [2.24, 2.45) is 0 Å². The molecule has 0 bridgehead atoms. The fraction of sp³-hybridized carbons (Fsp3) is 0.353. The summed E-state index contributed by atoms with van der Waals surface area (Å²) in [5.41, 5.74) is 1.16. The van der Waals surface area contributed by atoms with Gasteiger partial charge >= 0.3 is 18.3 Å². The number of nitrogens with zero attached hydrogens (tertiary/aromatic N) is 3. The molecule has 1 aromatic heterocycles. The zero-order valence-electron chi connectivity index (χ0n) is 14.7. The number of nitrogens with one attached hydrogen (secondary N) is 1. The van der Waals surface area contributed by atoms with E-state index in [0.29, 0.717) is 28.6 Å². The van der Waals surface area contributed by atoms with E-state index in [4.69, 9.17) is 11.6 Å². The number of halogens is 7. The van der Waals surface area contributed by atoms with Crippen LogP contribution in [0.15, 0.2) is 18.3 Å². The maximum atomic E-state index is 12.7. The summed E-state index contributed by atoms with van der Waals surface area (Å²) in [5.74, 6) is -2.05. The van der Waals surface area contributed by atoms with Crippen LogP contribution in [0.2, 0.25) is 5.15 Å². The van der Waals surface area contributed by atoms with E-state index in [1.807, 2.05) is 0 Å². The summed E-state index contributed by atoms with van der Waals surface area (Å²) in [4.78, 5) is 19.4. The molecule has 0 saturated carbocycles. The highest BCUT2D eigenvalue weighted by Crippen LogP contribution is 2.34. The molecule has 1 N–H and O–H groups in total. The third-order valence-corrected chi connectivity index (χ3v) is 4.67. The van der Waals surface area contributed by atoms with Crippen LogP contribution in [0.25, 0.3) is 0 Å². The summed E-state index contributed by atoms with van der Waals surface area (Å²) in [7, 11) is 0. The van der Waals surface area contributed by atoms with Crippen molar-refractivity contribution in [1.29, 1.82) is 0 Å². The molecular weight excluding hydrogens is 426 g/mol. The molecule has 0 fully saturated rings. The molecule has 0 saturated heterocycles. The molecule has 0 radical (unpaired) electrons. The minimum absolute atomic E-state index is 0.101.